The minimum absolute atomic E-state index is 0.395. The summed E-state index contributed by atoms with van der Waals surface area (Å²) in [4.78, 5) is 35.6. The van der Waals surface area contributed by atoms with Gasteiger partial charge in [0.05, 0.1) is 0 Å². The summed E-state index contributed by atoms with van der Waals surface area (Å²) in [6.07, 6.45) is 3.98. The smallest absolute Gasteiger partial charge is 0.326 e. The van der Waals surface area contributed by atoms with Gasteiger partial charge in [-0.05, 0) is 19.8 Å². The van der Waals surface area contributed by atoms with E-state index in [4.69, 9.17) is 5.73 Å². The minimum Gasteiger partial charge on any atom is -0.480 e. The number of hydrogen-bond acceptors (Lipinski definition) is 3. The minimum atomic E-state index is -0.999. The summed E-state index contributed by atoms with van der Waals surface area (Å²) >= 11 is 0. The van der Waals surface area contributed by atoms with Crippen LogP contribution in [-0.2, 0) is 9.59 Å². The molecule has 1 saturated heterocycles. The second kappa shape index (κ2) is 6.96. The number of carbonyl (C=O) groups is 3. The predicted octanol–water partition coefficient (Wildman–Crippen LogP) is 0.289. The molecule has 4 N–H and O–H groups in total. The van der Waals surface area contributed by atoms with Gasteiger partial charge < -0.3 is 21.1 Å². The van der Waals surface area contributed by atoms with Crippen LogP contribution in [0, 0.1) is 0 Å². The first kappa shape index (κ1) is 15.3. The molecule has 7 heteroatoms. The van der Waals surface area contributed by atoms with Crippen LogP contribution < -0.4 is 11.1 Å². The van der Waals surface area contributed by atoms with Crippen LogP contribution in [-0.4, -0.2) is 46.5 Å². The number of nitrogens with two attached hydrogens (primary N) is 1. The number of primary amides is 1. The molecule has 0 aromatic heterocycles. The maximum absolute atomic E-state index is 12.2. The number of carboxylic acids is 1. The maximum Gasteiger partial charge on any atom is 0.326 e. The van der Waals surface area contributed by atoms with E-state index < -0.39 is 30.0 Å². The molecule has 0 saturated carbocycles. The Hall–Kier alpha value is -1.79. The molecule has 1 aliphatic rings. The number of carboxylic acid groups (broad SMARTS) is 1. The fourth-order valence-electron chi connectivity index (χ4n) is 2.33. The zero-order valence-electron chi connectivity index (χ0n) is 11.1. The van der Waals surface area contributed by atoms with Crippen molar-refractivity contribution in [2.24, 2.45) is 5.73 Å². The summed E-state index contributed by atoms with van der Waals surface area (Å²) < 4.78 is 0. The van der Waals surface area contributed by atoms with Crippen molar-refractivity contribution >= 4 is 17.9 Å². The lowest BCUT2D eigenvalue weighted by atomic mass is 10.0. The molecule has 0 spiro atoms. The first-order valence-corrected chi connectivity index (χ1v) is 6.52. The van der Waals surface area contributed by atoms with E-state index in [1.54, 1.807) is 0 Å². The molecule has 2 atom stereocenters. The van der Waals surface area contributed by atoms with Crippen molar-refractivity contribution in [1.29, 1.82) is 0 Å². The second-order valence-electron chi connectivity index (χ2n) is 4.82. The Morgan fingerprint density at radius 3 is 2.47 bits per heavy atom. The van der Waals surface area contributed by atoms with E-state index in [0.717, 1.165) is 25.7 Å². The van der Waals surface area contributed by atoms with Gasteiger partial charge in [-0.3, -0.25) is 4.79 Å². The molecule has 19 heavy (non-hydrogen) atoms. The average Bonchev–Trinajstić information content (AvgIpc) is 2.26. The lowest BCUT2D eigenvalue weighted by molar-refractivity contribution is -0.151. The Morgan fingerprint density at radius 1 is 1.26 bits per heavy atom. The fourth-order valence-corrected chi connectivity index (χ4v) is 2.33. The lowest BCUT2D eigenvalue weighted by Crippen LogP contribution is -2.54. The van der Waals surface area contributed by atoms with Crippen LogP contribution in [0.1, 0.15) is 39.0 Å². The number of hydrogen-bond donors (Lipinski definition) is 3. The highest BCUT2D eigenvalue weighted by Gasteiger charge is 2.32. The van der Waals surface area contributed by atoms with Gasteiger partial charge in [0.1, 0.15) is 12.1 Å². The van der Waals surface area contributed by atoms with Gasteiger partial charge in [-0.1, -0.05) is 19.3 Å². The zero-order valence-corrected chi connectivity index (χ0v) is 11.1. The van der Waals surface area contributed by atoms with E-state index in [1.165, 1.54) is 11.8 Å². The number of aliphatic carboxylic acids is 1. The van der Waals surface area contributed by atoms with Gasteiger partial charge in [0.25, 0.3) is 0 Å². The van der Waals surface area contributed by atoms with E-state index in [0.29, 0.717) is 13.0 Å². The van der Waals surface area contributed by atoms with Gasteiger partial charge >= 0.3 is 12.0 Å². The van der Waals surface area contributed by atoms with Gasteiger partial charge in [-0.15, -0.1) is 0 Å². The summed E-state index contributed by atoms with van der Waals surface area (Å²) in [5.41, 5.74) is 4.97. The number of carbonyl (C=O) groups excluding carboxylic acids is 2. The first-order chi connectivity index (χ1) is 8.93. The van der Waals surface area contributed by atoms with Crippen LogP contribution in [0.2, 0.25) is 0 Å². The molecular weight excluding hydrogens is 250 g/mol. The van der Waals surface area contributed by atoms with Crippen LogP contribution in [0.25, 0.3) is 0 Å². The van der Waals surface area contributed by atoms with Crippen molar-refractivity contribution in [2.45, 2.75) is 51.1 Å². The van der Waals surface area contributed by atoms with Crippen molar-refractivity contribution in [3.63, 3.8) is 0 Å². The Morgan fingerprint density at radius 2 is 1.89 bits per heavy atom. The number of nitrogens with zero attached hydrogens (tertiary/aromatic N) is 1. The average molecular weight is 271 g/mol. The molecule has 0 bridgehead atoms. The highest BCUT2D eigenvalue weighted by molar-refractivity contribution is 5.89. The molecule has 7 nitrogen and oxygen atoms in total. The predicted molar refractivity (Wildman–Crippen MR) is 68.4 cm³/mol. The van der Waals surface area contributed by atoms with Crippen molar-refractivity contribution < 1.29 is 19.5 Å². The van der Waals surface area contributed by atoms with E-state index in [-0.39, 0.29) is 0 Å². The molecular formula is C12H21N3O4. The van der Waals surface area contributed by atoms with Crippen LogP contribution in [0.3, 0.4) is 0 Å². The van der Waals surface area contributed by atoms with Crippen LogP contribution in [0.15, 0.2) is 0 Å². The Kier molecular flexibility index (Phi) is 5.59. The quantitative estimate of drug-likeness (QED) is 0.684. The monoisotopic (exact) mass is 271 g/mol. The van der Waals surface area contributed by atoms with Gasteiger partial charge in [0.15, 0.2) is 0 Å². The fraction of sp³-hybridized carbons (Fsp3) is 0.750. The second-order valence-corrected chi connectivity index (χ2v) is 4.82. The van der Waals surface area contributed by atoms with E-state index in [2.05, 4.69) is 5.32 Å². The molecule has 3 amide bonds. The molecule has 108 valence electrons. The molecule has 1 aliphatic heterocycles. The normalized spacial score (nSPS) is 21.9. The van der Waals surface area contributed by atoms with Gasteiger partial charge in [0.2, 0.25) is 5.91 Å². The molecule has 0 aromatic carbocycles. The van der Waals surface area contributed by atoms with Crippen molar-refractivity contribution in [2.75, 3.05) is 6.54 Å². The van der Waals surface area contributed by atoms with E-state index >= 15 is 0 Å². The molecule has 2 unspecified atom stereocenters. The summed E-state index contributed by atoms with van der Waals surface area (Å²) in [7, 11) is 0. The van der Waals surface area contributed by atoms with Crippen molar-refractivity contribution in [3.05, 3.63) is 0 Å². The topological polar surface area (TPSA) is 113 Å². The van der Waals surface area contributed by atoms with Gasteiger partial charge in [-0.25, -0.2) is 9.59 Å². The molecule has 0 aromatic rings. The maximum atomic E-state index is 12.2. The molecule has 1 heterocycles. The Labute approximate surface area is 112 Å². The summed E-state index contributed by atoms with van der Waals surface area (Å²) in [6, 6.07) is -2.41. The number of likely N-dealkylation sites (tertiary alicyclic amines) is 1. The number of nitrogens with one attached hydrogen (secondary N) is 1. The van der Waals surface area contributed by atoms with Crippen LogP contribution >= 0.6 is 0 Å². The largest absolute Gasteiger partial charge is 0.480 e. The molecule has 1 rings (SSSR count). The highest BCUT2D eigenvalue weighted by atomic mass is 16.4. The number of urea groups is 1. The van der Waals surface area contributed by atoms with E-state index in [1.807, 2.05) is 0 Å². The number of rotatable bonds is 3. The molecule has 1 fully saturated rings. The first-order valence-electron chi connectivity index (χ1n) is 6.52. The third-order valence-corrected chi connectivity index (χ3v) is 3.30. The molecule has 0 radical (unpaired) electrons. The van der Waals surface area contributed by atoms with Gasteiger partial charge in [0, 0.05) is 6.54 Å². The van der Waals surface area contributed by atoms with Crippen molar-refractivity contribution in [1.82, 2.24) is 10.2 Å². The highest BCUT2D eigenvalue weighted by Crippen LogP contribution is 2.18. The van der Waals surface area contributed by atoms with Gasteiger partial charge in [-0.2, -0.15) is 0 Å². The summed E-state index contributed by atoms with van der Waals surface area (Å²) in [6.45, 7) is 1.91. The standard InChI is InChI=1S/C12H21N3O4/c1-8(14-12(13)19)10(16)15-7-5-3-2-4-6-9(15)11(17)18/h8-9H,2-7H2,1H3,(H,17,18)(H3,13,14,19). The lowest BCUT2D eigenvalue weighted by Gasteiger charge is -2.32. The SMILES string of the molecule is CC(NC(N)=O)C(=O)N1CCCCCCC1C(=O)O. The van der Waals surface area contributed by atoms with E-state index in [9.17, 15) is 19.5 Å². The summed E-state index contributed by atoms with van der Waals surface area (Å²) in [5, 5.41) is 11.5. The third kappa shape index (κ3) is 4.42. The zero-order chi connectivity index (χ0) is 14.4. The Balaban J connectivity index is 2.80. The third-order valence-electron chi connectivity index (χ3n) is 3.30. The van der Waals surface area contributed by atoms with Crippen LogP contribution in [0.4, 0.5) is 4.79 Å². The molecule has 0 aliphatic carbocycles. The Bertz CT molecular complexity index is 359. The number of amides is 3. The van der Waals surface area contributed by atoms with Crippen LogP contribution in [0.5, 0.6) is 0 Å². The summed E-state index contributed by atoms with van der Waals surface area (Å²) in [5.74, 6) is -1.39. The van der Waals surface area contributed by atoms with Crippen molar-refractivity contribution in [3.8, 4) is 0 Å².